The third-order valence-corrected chi connectivity index (χ3v) is 5.37. The minimum Gasteiger partial charge on any atom is -0.497 e. The molecule has 4 atom stereocenters. The Balaban J connectivity index is 1.55. The fourth-order valence-corrected chi connectivity index (χ4v) is 4.23. The van der Waals surface area contributed by atoms with E-state index in [4.69, 9.17) is 9.47 Å². The van der Waals surface area contributed by atoms with Crippen molar-refractivity contribution in [1.82, 2.24) is 9.80 Å². The van der Waals surface area contributed by atoms with E-state index in [0.717, 1.165) is 37.5 Å². The molecule has 1 aromatic carbocycles. The summed E-state index contributed by atoms with van der Waals surface area (Å²) in [5.74, 6) is 0.825. The number of likely N-dealkylation sites (tertiary alicyclic amines) is 1. The number of hydrogen-bond acceptors (Lipinski definition) is 5. The number of hydrogen-bond donors (Lipinski definition) is 1. The summed E-state index contributed by atoms with van der Waals surface area (Å²) >= 11 is 0. The number of aliphatic hydroxyl groups excluding tert-OH is 1. The van der Waals surface area contributed by atoms with Gasteiger partial charge in [0, 0.05) is 32.2 Å². The van der Waals surface area contributed by atoms with Gasteiger partial charge in [0.05, 0.1) is 25.4 Å². The van der Waals surface area contributed by atoms with E-state index in [2.05, 4.69) is 23.6 Å². The molecule has 140 valence electrons. The van der Waals surface area contributed by atoms with E-state index in [1.54, 1.807) is 7.11 Å². The first-order valence-corrected chi connectivity index (χ1v) is 9.49. The molecule has 5 nitrogen and oxygen atoms in total. The Bertz CT molecular complexity index is 526. The molecule has 0 spiro atoms. The Morgan fingerprint density at radius 3 is 2.52 bits per heavy atom. The number of benzene rings is 1. The van der Waals surface area contributed by atoms with Gasteiger partial charge in [-0.05, 0) is 50.9 Å². The van der Waals surface area contributed by atoms with Crippen LogP contribution in [0.25, 0.3) is 0 Å². The molecule has 25 heavy (non-hydrogen) atoms. The van der Waals surface area contributed by atoms with Crippen LogP contribution in [0.3, 0.4) is 0 Å². The highest BCUT2D eigenvalue weighted by Crippen LogP contribution is 2.25. The largest absolute Gasteiger partial charge is 0.497 e. The fourth-order valence-electron chi connectivity index (χ4n) is 4.23. The molecule has 0 saturated carbocycles. The van der Waals surface area contributed by atoms with Crippen LogP contribution in [0, 0.1) is 0 Å². The first-order chi connectivity index (χ1) is 12.0. The maximum absolute atomic E-state index is 10.6. The van der Waals surface area contributed by atoms with Crippen molar-refractivity contribution in [3.8, 4) is 5.75 Å². The molecule has 0 amide bonds. The number of rotatable bonds is 6. The van der Waals surface area contributed by atoms with Crippen LogP contribution < -0.4 is 4.74 Å². The highest BCUT2D eigenvalue weighted by molar-refractivity contribution is 5.28. The SMILES string of the molecule is COc1ccc(C(O)CN2CCCC2CN2CC(C)OC(C)C2)cc1. The molecule has 2 fully saturated rings. The molecule has 5 heteroatoms. The lowest BCUT2D eigenvalue weighted by Gasteiger charge is -2.38. The van der Waals surface area contributed by atoms with Gasteiger partial charge in [-0.15, -0.1) is 0 Å². The van der Waals surface area contributed by atoms with Crippen LogP contribution in [0.5, 0.6) is 5.75 Å². The lowest BCUT2D eigenvalue weighted by Crippen LogP contribution is -2.50. The van der Waals surface area contributed by atoms with Gasteiger partial charge < -0.3 is 14.6 Å². The number of methoxy groups -OCH3 is 1. The van der Waals surface area contributed by atoms with Crippen molar-refractivity contribution < 1.29 is 14.6 Å². The van der Waals surface area contributed by atoms with E-state index in [9.17, 15) is 5.11 Å². The summed E-state index contributed by atoms with van der Waals surface area (Å²) in [4.78, 5) is 4.99. The van der Waals surface area contributed by atoms with Crippen molar-refractivity contribution in [3.05, 3.63) is 29.8 Å². The molecule has 1 N–H and O–H groups in total. The quantitative estimate of drug-likeness (QED) is 0.855. The minimum atomic E-state index is -0.450. The minimum absolute atomic E-state index is 0.309. The molecular weight excluding hydrogens is 316 g/mol. The second kappa shape index (κ2) is 8.49. The molecule has 2 aliphatic rings. The summed E-state index contributed by atoms with van der Waals surface area (Å²) in [6.45, 7) is 9.18. The number of ether oxygens (including phenoxy) is 2. The fraction of sp³-hybridized carbons (Fsp3) is 0.700. The van der Waals surface area contributed by atoms with Gasteiger partial charge in [0.1, 0.15) is 5.75 Å². The van der Waals surface area contributed by atoms with Gasteiger partial charge in [-0.2, -0.15) is 0 Å². The third kappa shape index (κ3) is 4.94. The zero-order chi connectivity index (χ0) is 17.8. The summed E-state index contributed by atoms with van der Waals surface area (Å²) in [6.07, 6.45) is 2.60. The summed E-state index contributed by atoms with van der Waals surface area (Å²) in [5, 5.41) is 10.6. The van der Waals surface area contributed by atoms with E-state index >= 15 is 0 Å². The highest BCUT2D eigenvalue weighted by Gasteiger charge is 2.31. The van der Waals surface area contributed by atoms with E-state index in [1.165, 1.54) is 12.8 Å². The number of morpholine rings is 1. The molecule has 0 aliphatic carbocycles. The zero-order valence-corrected chi connectivity index (χ0v) is 15.7. The van der Waals surface area contributed by atoms with Crippen molar-refractivity contribution in [2.45, 2.75) is 51.0 Å². The molecule has 2 heterocycles. The van der Waals surface area contributed by atoms with Crippen LogP contribution in [0.1, 0.15) is 38.4 Å². The van der Waals surface area contributed by atoms with E-state index in [0.29, 0.717) is 24.8 Å². The zero-order valence-electron chi connectivity index (χ0n) is 15.7. The molecular formula is C20H32N2O3. The average molecular weight is 348 g/mol. The van der Waals surface area contributed by atoms with Gasteiger partial charge in [-0.25, -0.2) is 0 Å². The predicted octanol–water partition coefficient (Wildman–Crippen LogP) is 2.30. The predicted molar refractivity (Wildman–Crippen MR) is 99.0 cm³/mol. The van der Waals surface area contributed by atoms with E-state index in [-0.39, 0.29) is 0 Å². The first-order valence-electron chi connectivity index (χ1n) is 9.49. The Kier molecular flexibility index (Phi) is 6.34. The summed E-state index contributed by atoms with van der Waals surface area (Å²) in [6, 6.07) is 8.28. The summed E-state index contributed by atoms with van der Waals surface area (Å²) < 4.78 is 11.0. The molecule has 2 saturated heterocycles. The van der Waals surface area contributed by atoms with Gasteiger partial charge >= 0.3 is 0 Å². The molecule has 2 aliphatic heterocycles. The maximum atomic E-state index is 10.6. The van der Waals surface area contributed by atoms with E-state index < -0.39 is 6.10 Å². The monoisotopic (exact) mass is 348 g/mol. The smallest absolute Gasteiger partial charge is 0.118 e. The first kappa shape index (κ1) is 18.6. The lowest BCUT2D eigenvalue weighted by molar-refractivity contribution is -0.0729. The van der Waals surface area contributed by atoms with Gasteiger partial charge in [0.2, 0.25) is 0 Å². The van der Waals surface area contributed by atoms with Crippen molar-refractivity contribution in [1.29, 1.82) is 0 Å². The normalized spacial score (nSPS) is 29.7. The summed E-state index contributed by atoms with van der Waals surface area (Å²) in [5.41, 5.74) is 0.958. The number of β-amino-alcohol motifs (C(OH)–C–C–N with tert-alkyl or cyclic N) is 1. The van der Waals surface area contributed by atoms with Crippen LogP contribution in [-0.4, -0.2) is 73.0 Å². The molecule has 4 unspecified atom stereocenters. The maximum Gasteiger partial charge on any atom is 0.118 e. The van der Waals surface area contributed by atoms with Crippen LogP contribution in [-0.2, 0) is 4.74 Å². The molecule has 0 bridgehead atoms. The van der Waals surface area contributed by atoms with Gasteiger partial charge in [-0.3, -0.25) is 9.80 Å². The molecule has 0 aromatic heterocycles. The number of aliphatic hydroxyl groups is 1. The van der Waals surface area contributed by atoms with E-state index in [1.807, 2.05) is 24.3 Å². The molecule has 3 rings (SSSR count). The van der Waals surface area contributed by atoms with Gasteiger partial charge in [0.15, 0.2) is 0 Å². The average Bonchev–Trinajstić information content (AvgIpc) is 3.00. The second-order valence-electron chi connectivity index (χ2n) is 7.56. The van der Waals surface area contributed by atoms with Crippen LogP contribution in [0.15, 0.2) is 24.3 Å². The van der Waals surface area contributed by atoms with Crippen molar-refractivity contribution in [2.75, 3.05) is 39.8 Å². The second-order valence-corrected chi connectivity index (χ2v) is 7.56. The Labute approximate surface area is 151 Å². The third-order valence-electron chi connectivity index (χ3n) is 5.37. The molecule has 1 aromatic rings. The lowest BCUT2D eigenvalue weighted by atomic mass is 10.1. The number of nitrogens with zero attached hydrogens (tertiary/aromatic N) is 2. The summed E-state index contributed by atoms with van der Waals surface area (Å²) in [7, 11) is 1.66. The van der Waals surface area contributed by atoms with Crippen LogP contribution >= 0.6 is 0 Å². The van der Waals surface area contributed by atoms with Crippen molar-refractivity contribution in [2.24, 2.45) is 0 Å². The van der Waals surface area contributed by atoms with Crippen LogP contribution in [0.2, 0.25) is 0 Å². The van der Waals surface area contributed by atoms with Crippen molar-refractivity contribution >= 4 is 0 Å². The van der Waals surface area contributed by atoms with Crippen LogP contribution in [0.4, 0.5) is 0 Å². The Morgan fingerprint density at radius 1 is 1.20 bits per heavy atom. The topological polar surface area (TPSA) is 45.2 Å². The highest BCUT2D eigenvalue weighted by atomic mass is 16.5. The standard InChI is InChI=1S/C20H32N2O3/c1-15-11-21(12-16(2)25-15)13-18-5-4-10-22(18)14-20(23)17-6-8-19(24-3)9-7-17/h6-9,15-16,18,20,23H,4-5,10-14H2,1-3H3. The van der Waals surface area contributed by atoms with Gasteiger partial charge in [0.25, 0.3) is 0 Å². The Hall–Kier alpha value is -1.14. The van der Waals surface area contributed by atoms with Crippen molar-refractivity contribution in [3.63, 3.8) is 0 Å². The van der Waals surface area contributed by atoms with Gasteiger partial charge in [-0.1, -0.05) is 12.1 Å². The molecule has 0 radical (unpaired) electrons. The Morgan fingerprint density at radius 2 is 1.88 bits per heavy atom.